The van der Waals surface area contributed by atoms with Crippen molar-refractivity contribution < 1.29 is 9.90 Å². The first-order chi connectivity index (χ1) is 11.4. The van der Waals surface area contributed by atoms with Gasteiger partial charge in [-0.05, 0) is 51.3 Å². The first-order valence-corrected chi connectivity index (χ1v) is 9.25. The Morgan fingerprint density at radius 1 is 1.17 bits per heavy atom. The lowest BCUT2D eigenvalue weighted by Gasteiger charge is -2.20. The van der Waals surface area contributed by atoms with Crippen LogP contribution in [0.4, 0.5) is 0 Å². The Morgan fingerprint density at radius 2 is 1.79 bits per heavy atom. The van der Waals surface area contributed by atoms with Crippen molar-refractivity contribution in [3.05, 3.63) is 29.8 Å². The lowest BCUT2D eigenvalue weighted by molar-refractivity contribution is 0.0954. The van der Waals surface area contributed by atoms with E-state index in [9.17, 15) is 9.90 Å². The number of carbonyl (C=O) groups is 1. The van der Waals surface area contributed by atoms with E-state index in [0.717, 1.165) is 12.5 Å². The molecule has 0 fully saturated rings. The molecule has 0 atom stereocenters. The van der Waals surface area contributed by atoms with Gasteiger partial charge in [0, 0.05) is 29.9 Å². The van der Waals surface area contributed by atoms with E-state index in [4.69, 9.17) is 0 Å². The molecule has 1 rings (SSSR count). The molecule has 6 nitrogen and oxygen atoms in total. The summed E-state index contributed by atoms with van der Waals surface area (Å²) in [6, 6.07) is 6.18. The zero-order valence-electron chi connectivity index (χ0n) is 14.8. The number of hydrogen-bond donors (Lipinski definition) is 4. The maximum Gasteiger partial charge on any atom is 0.251 e. The highest BCUT2D eigenvalue weighted by Crippen LogP contribution is 2.20. The molecule has 0 aliphatic carbocycles. The quantitative estimate of drug-likeness (QED) is 0.326. The zero-order chi connectivity index (χ0) is 18.0. The Hall–Kier alpha value is -1.89. The highest BCUT2D eigenvalue weighted by Gasteiger charge is 2.15. The van der Waals surface area contributed by atoms with Crippen molar-refractivity contribution >= 4 is 23.6 Å². The number of aliphatic imine (C=N–C) groups is 1. The summed E-state index contributed by atoms with van der Waals surface area (Å²) in [6.45, 7) is 8.88. The van der Waals surface area contributed by atoms with Crippen LogP contribution in [0.1, 0.15) is 31.1 Å². The molecule has 0 saturated carbocycles. The molecule has 0 radical (unpaired) electrons. The number of carbonyl (C=O) groups excluding carboxylic acids is 1. The maximum atomic E-state index is 12.0. The van der Waals surface area contributed by atoms with Crippen LogP contribution in [0.25, 0.3) is 0 Å². The largest absolute Gasteiger partial charge is 0.508 e. The highest BCUT2D eigenvalue weighted by atomic mass is 32.2. The summed E-state index contributed by atoms with van der Waals surface area (Å²) in [6.07, 6.45) is 2.08. The summed E-state index contributed by atoms with van der Waals surface area (Å²) in [5, 5.41) is 18.5. The molecule has 7 heteroatoms. The second kappa shape index (κ2) is 10.1. The van der Waals surface area contributed by atoms with Gasteiger partial charge >= 0.3 is 0 Å². The number of thioether (sulfide) groups is 1. The van der Waals surface area contributed by atoms with Crippen LogP contribution >= 0.6 is 11.8 Å². The molecule has 0 aliphatic rings. The van der Waals surface area contributed by atoms with Gasteiger partial charge in [-0.1, -0.05) is 0 Å². The minimum atomic E-state index is -0.165. The van der Waals surface area contributed by atoms with Gasteiger partial charge in [-0.2, -0.15) is 11.8 Å². The topological polar surface area (TPSA) is 85.8 Å². The van der Waals surface area contributed by atoms with Crippen molar-refractivity contribution in [1.82, 2.24) is 16.0 Å². The number of aromatic hydroxyl groups is 1. The molecule has 0 aliphatic heterocycles. The van der Waals surface area contributed by atoms with Gasteiger partial charge in [0.15, 0.2) is 5.96 Å². The molecular formula is C17H28N4O2S. The summed E-state index contributed by atoms with van der Waals surface area (Å²) < 4.78 is 0.0927. The Kier molecular flexibility index (Phi) is 8.46. The highest BCUT2D eigenvalue weighted by molar-refractivity contribution is 7.99. The summed E-state index contributed by atoms with van der Waals surface area (Å²) in [7, 11) is 0. The molecule has 0 bridgehead atoms. The molecule has 0 unspecified atom stereocenters. The minimum absolute atomic E-state index is 0.0927. The Balaban J connectivity index is 2.41. The van der Waals surface area contributed by atoms with Crippen LogP contribution in [-0.2, 0) is 0 Å². The van der Waals surface area contributed by atoms with Crippen molar-refractivity contribution in [3.8, 4) is 5.75 Å². The monoisotopic (exact) mass is 352 g/mol. The number of hydrogen-bond acceptors (Lipinski definition) is 4. The molecule has 24 heavy (non-hydrogen) atoms. The fraction of sp³-hybridized carbons (Fsp3) is 0.529. The summed E-state index contributed by atoms with van der Waals surface area (Å²) in [5.41, 5.74) is 0.523. The van der Waals surface area contributed by atoms with Crippen LogP contribution in [0.5, 0.6) is 5.75 Å². The molecule has 134 valence electrons. The third-order valence-corrected chi connectivity index (χ3v) is 4.58. The van der Waals surface area contributed by atoms with E-state index in [1.165, 1.54) is 12.1 Å². The Labute approximate surface area is 148 Å². The predicted octanol–water partition coefficient (Wildman–Crippen LogP) is 1.82. The first-order valence-electron chi connectivity index (χ1n) is 8.02. The van der Waals surface area contributed by atoms with Crippen molar-refractivity contribution in [2.45, 2.75) is 25.5 Å². The fourth-order valence-corrected chi connectivity index (χ4v) is 1.94. The van der Waals surface area contributed by atoms with Gasteiger partial charge in [-0.25, -0.2) is 0 Å². The number of phenols is 1. The van der Waals surface area contributed by atoms with Crippen LogP contribution in [-0.4, -0.2) is 54.2 Å². The third-order valence-electron chi connectivity index (χ3n) is 3.35. The van der Waals surface area contributed by atoms with Gasteiger partial charge in [0.25, 0.3) is 5.91 Å². The molecule has 1 aromatic rings. The number of benzene rings is 1. The smallest absolute Gasteiger partial charge is 0.251 e. The second-order valence-corrected chi connectivity index (χ2v) is 7.40. The average molecular weight is 353 g/mol. The average Bonchev–Trinajstić information content (AvgIpc) is 2.57. The molecule has 0 saturated heterocycles. The zero-order valence-corrected chi connectivity index (χ0v) is 15.7. The second-order valence-electron chi connectivity index (χ2n) is 5.89. The van der Waals surface area contributed by atoms with Crippen molar-refractivity contribution in [1.29, 1.82) is 0 Å². The lowest BCUT2D eigenvalue weighted by Crippen LogP contribution is -2.42. The van der Waals surface area contributed by atoms with E-state index in [0.29, 0.717) is 25.2 Å². The van der Waals surface area contributed by atoms with Crippen molar-refractivity contribution in [2.24, 2.45) is 4.99 Å². The number of nitrogens with zero attached hydrogens (tertiary/aromatic N) is 1. The van der Waals surface area contributed by atoms with E-state index < -0.39 is 0 Å². The van der Waals surface area contributed by atoms with Gasteiger partial charge in [0.1, 0.15) is 5.75 Å². The van der Waals surface area contributed by atoms with E-state index in [-0.39, 0.29) is 16.4 Å². The number of phenolic OH excluding ortho intramolecular Hbond substituents is 1. The standard InChI is InChI=1S/C17H28N4O2S/c1-5-18-16(21-12-17(2,3)24-4)20-11-10-19-15(23)13-6-8-14(22)9-7-13/h6-9,22H,5,10-12H2,1-4H3,(H,19,23)(H2,18,20,21). The number of amides is 1. The molecule has 0 heterocycles. The van der Waals surface area contributed by atoms with Gasteiger partial charge in [-0.15, -0.1) is 0 Å². The van der Waals surface area contributed by atoms with E-state index >= 15 is 0 Å². The molecule has 0 spiro atoms. The normalized spacial score (nSPS) is 11.9. The maximum absolute atomic E-state index is 12.0. The molecule has 4 N–H and O–H groups in total. The Bertz CT molecular complexity index is 544. The van der Waals surface area contributed by atoms with Crippen LogP contribution in [0.15, 0.2) is 29.3 Å². The Morgan fingerprint density at radius 3 is 2.38 bits per heavy atom. The van der Waals surface area contributed by atoms with E-state index in [1.54, 1.807) is 23.9 Å². The summed E-state index contributed by atoms with van der Waals surface area (Å²) >= 11 is 1.78. The number of rotatable bonds is 8. The van der Waals surface area contributed by atoms with Crippen LogP contribution in [0, 0.1) is 0 Å². The van der Waals surface area contributed by atoms with Crippen molar-refractivity contribution in [2.75, 3.05) is 32.4 Å². The molecule has 1 aromatic carbocycles. The minimum Gasteiger partial charge on any atom is -0.508 e. The van der Waals surface area contributed by atoms with Crippen LogP contribution in [0.2, 0.25) is 0 Å². The van der Waals surface area contributed by atoms with Crippen molar-refractivity contribution in [3.63, 3.8) is 0 Å². The third kappa shape index (κ3) is 7.59. The van der Waals surface area contributed by atoms with Crippen LogP contribution in [0.3, 0.4) is 0 Å². The molecule has 1 amide bonds. The number of guanidine groups is 1. The lowest BCUT2D eigenvalue weighted by atomic mass is 10.2. The SMILES string of the molecule is CCNC(=NCC(C)(C)SC)NCCNC(=O)c1ccc(O)cc1. The predicted molar refractivity (Wildman–Crippen MR) is 102 cm³/mol. The first kappa shape index (κ1) is 20.2. The van der Waals surface area contributed by atoms with E-state index in [2.05, 4.69) is 41.0 Å². The van der Waals surface area contributed by atoms with Gasteiger partial charge in [0.2, 0.25) is 0 Å². The fourth-order valence-electron chi connectivity index (χ4n) is 1.75. The van der Waals surface area contributed by atoms with Gasteiger partial charge in [-0.3, -0.25) is 9.79 Å². The summed E-state index contributed by atoms with van der Waals surface area (Å²) in [4.78, 5) is 16.5. The van der Waals surface area contributed by atoms with Gasteiger partial charge in [0.05, 0.1) is 6.54 Å². The molecular weight excluding hydrogens is 324 g/mol. The number of nitrogens with one attached hydrogen (secondary N) is 3. The molecule has 0 aromatic heterocycles. The summed E-state index contributed by atoms with van der Waals surface area (Å²) in [5.74, 6) is 0.730. The van der Waals surface area contributed by atoms with Crippen LogP contribution < -0.4 is 16.0 Å². The van der Waals surface area contributed by atoms with E-state index in [1.807, 2.05) is 6.92 Å². The van der Waals surface area contributed by atoms with Gasteiger partial charge < -0.3 is 21.1 Å².